The number of carboxylic acid groups (broad SMARTS) is 1. The summed E-state index contributed by atoms with van der Waals surface area (Å²) in [5.74, 6) is -0.703. The summed E-state index contributed by atoms with van der Waals surface area (Å²) in [7, 11) is 0. The van der Waals surface area contributed by atoms with Crippen molar-refractivity contribution in [3.05, 3.63) is 12.2 Å². The Labute approximate surface area is 148 Å². The van der Waals surface area contributed by atoms with Gasteiger partial charge in [-0.2, -0.15) is 0 Å². The molecular formula is C20H38O4. The molecule has 142 valence electrons. The minimum atomic E-state index is -0.703. The van der Waals surface area contributed by atoms with Crippen molar-refractivity contribution in [2.24, 2.45) is 0 Å². The van der Waals surface area contributed by atoms with Crippen LogP contribution in [0.2, 0.25) is 0 Å². The Morgan fingerprint density at radius 2 is 1.25 bits per heavy atom. The molecule has 0 heterocycles. The van der Waals surface area contributed by atoms with E-state index in [2.05, 4.69) is 12.2 Å². The molecule has 0 rings (SSSR count). The van der Waals surface area contributed by atoms with E-state index in [0.717, 1.165) is 70.6 Å². The molecule has 0 amide bonds. The van der Waals surface area contributed by atoms with E-state index >= 15 is 0 Å². The van der Waals surface area contributed by atoms with Crippen LogP contribution in [0.4, 0.5) is 0 Å². The number of aliphatic hydroxyl groups is 2. The molecule has 0 aromatic heterocycles. The van der Waals surface area contributed by atoms with Crippen molar-refractivity contribution < 1.29 is 20.1 Å². The topological polar surface area (TPSA) is 77.8 Å². The number of aliphatic hydroxyl groups excluding tert-OH is 2. The van der Waals surface area contributed by atoms with E-state index in [-0.39, 0.29) is 19.1 Å². The zero-order valence-electron chi connectivity index (χ0n) is 15.3. The van der Waals surface area contributed by atoms with Crippen LogP contribution < -0.4 is 0 Å². The fourth-order valence-electron chi connectivity index (χ4n) is 2.76. The van der Waals surface area contributed by atoms with Crippen LogP contribution in [-0.2, 0) is 4.79 Å². The fraction of sp³-hybridized carbons (Fsp3) is 0.850. The van der Waals surface area contributed by atoms with Crippen molar-refractivity contribution in [1.29, 1.82) is 0 Å². The molecule has 24 heavy (non-hydrogen) atoms. The SMILES string of the molecule is O=C(O)CCCCC=CCCCCCCC(O)CCCCCCO. The molecular weight excluding hydrogens is 304 g/mol. The first-order valence-electron chi connectivity index (χ1n) is 9.82. The summed E-state index contributed by atoms with van der Waals surface area (Å²) in [5.41, 5.74) is 0. The van der Waals surface area contributed by atoms with Crippen molar-refractivity contribution in [2.45, 2.75) is 102 Å². The smallest absolute Gasteiger partial charge is 0.303 e. The molecule has 4 nitrogen and oxygen atoms in total. The van der Waals surface area contributed by atoms with E-state index < -0.39 is 5.97 Å². The Morgan fingerprint density at radius 3 is 1.79 bits per heavy atom. The molecule has 1 unspecified atom stereocenters. The highest BCUT2D eigenvalue weighted by atomic mass is 16.4. The third kappa shape index (κ3) is 19.2. The Kier molecular flexibility index (Phi) is 17.8. The van der Waals surface area contributed by atoms with Gasteiger partial charge in [0.05, 0.1) is 6.10 Å². The molecule has 0 aliphatic heterocycles. The van der Waals surface area contributed by atoms with E-state index in [1.807, 2.05) is 0 Å². The van der Waals surface area contributed by atoms with Gasteiger partial charge < -0.3 is 15.3 Å². The first-order chi connectivity index (χ1) is 11.7. The molecule has 0 fully saturated rings. The van der Waals surface area contributed by atoms with E-state index in [4.69, 9.17) is 10.2 Å². The largest absolute Gasteiger partial charge is 0.481 e. The molecule has 0 spiro atoms. The standard InChI is InChI=1S/C20H38O4/c21-18-14-10-9-12-16-19(22)15-11-7-5-3-1-2-4-6-8-13-17-20(23)24/h2,4,19,21-22H,1,3,5-18H2,(H,23,24). The number of hydrogen-bond acceptors (Lipinski definition) is 3. The maximum Gasteiger partial charge on any atom is 0.303 e. The van der Waals surface area contributed by atoms with Gasteiger partial charge in [0.1, 0.15) is 0 Å². The summed E-state index contributed by atoms with van der Waals surface area (Å²) in [6, 6.07) is 0. The van der Waals surface area contributed by atoms with Gasteiger partial charge in [-0.05, 0) is 51.4 Å². The second-order valence-electron chi connectivity index (χ2n) is 6.68. The van der Waals surface area contributed by atoms with E-state index in [1.54, 1.807) is 0 Å². The van der Waals surface area contributed by atoms with Gasteiger partial charge in [0.15, 0.2) is 0 Å². The average Bonchev–Trinajstić information content (AvgIpc) is 2.55. The second-order valence-corrected chi connectivity index (χ2v) is 6.68. The highest BCUT2D eigenvalue weighted by Crippen LogP contribution is 2.13. The van der Waals surface area contributed by atoms with Crippen LogP contribution in [0.15, 0.2) is 12.2 Å². The molecule has 0 aromatic rings. The van der Waals surface area contributed by atoms with Gasteiger partial charge in [-0.1, -0.05) is 50.7 Å². The summed E-state index contributed by atoms with van der Waals surface area (Å²) >= 11 is 0. The van der Waals surface area contributed by atoms with Crippen LogP contribution in [0.25, 0.3) is 0 Å². The number of carboxylic acids is 1. The van der Waals surface area contributed by atoms with E-state index in [0.29, 0.717) is 0 Å². The van der Waals surface area contributed by atoms with Gasteiger partial charge in [0.2, 0.25) is 0 Å². The van der Waals surface area contributed by atoms with E-state index in [9.17, 15) is 9.90 Å². The quantitative estimate of drug-likeness (QED) is 0.246. The number of allylic oxidation sites excluding steroid dienone is 2. The predicted octanol–water partition coefficient (Wildman–Crippen LogP) is 4.83. The lowest BCUT2D eigenvalue weighted by atomic mass is 10.0. The van der Waals surface area contributed by atoms with Gasteiger partial charge in [0, 0.05) is 13.0 Å². The lowest BCUT2D eigenvalue weighted by Crippen LogP contribution is -2.05. The Hall–Kier alpha value is -0.870. The van der Waals surface area contributed by atoms with Crippen molar-refractivity contribution in [3.8, 4) is 0 Å². The van der Waals surface area contributed by atoms with Crippen LogP contribution in [0.5, 0.6) is 0 Å². The minimum Gasteiger partial charge on any atom is -0.481 e. The zero-order valence-corrected chi connectivity index (χ0v) is 15.3. The third-order valence-electron chi connectivity index (χ3n) is 4.28. The molecule has 0 bridgehead atoms. The molecule has 0 aliphatic carbocycles. The molecule has 4 heteroatoms. The van der Waals surface area contributed by atoms with E-state index in [1.165, 1.54) is 19.3 Å². The van der Waals surface area contributed by atoms with Gasteiger partial charge in [-0.25, -0.2) is 0 Å². The normalized spacial score (nSPS) is 12.8. The van der Waals surface area contributed by atoms with Gasteiger partial charge in [0.25, 0.3) is 0 Å². The van der Waals surface area contributed by atoms with Crippen molar-refractivity contribution >= 4 is 5.97 Å². The number of hydrogen-bond donors (Lipinski definition) is 3. The number of carbonyl (C=O) groups is 1. The summed E-state index contributed by atoms with van der Waals surface area (Å²) in [5, 5.41) is 27.1. The van der Waals surface area contributed by atoms with Crippen molar-refractivity contribution in [1.82, 2.24) is 0 Å². The maximum absolute atomic E-state index is 10.3. The molecule has 3 N–H and O–H groups in total. The maximum atomic E-state index is 10.3. The van der Waals surface area contributed by atoms with Crippen molar-refractivity contribution in [2.75, 3.05) is 6.61 Å². The van der Waals surface area contributed by atoms with Crippen LogP contribution in [-0.4, -0.2) is 34.0 Å². The fourth-order valence-corrected chi connectivity index (χ4v) is 2.76. The average molecular weight is 343 g/mol. The zero-order chi connectivity index (χ0) is 17.9. The summed E-state index contributed by atoms with van der Waals surface area (Å²) in [4.78, 5) is 10.3. The summed E-state index contributed by atoms with van der Waals surface area (Å²) < 4.78 is 0. The molecule has 0 saturated heterocycles. The highest BCUT2D eigenvalue weighted by molar-refractivity contribution is 5.66. The molecule has 0 aromatic carbocycles. The van der Waals surface area contributed by atoms with Gasteiger partial charge in [-0.15, -0.1) is 0 Å². The highest BCUT2D eigenvalue weighted by Gasteiger charge is 2.03. The van der Waals surface area contributed by atoms with Crippen LogP contribution in [0.1, 0.15) is 96.3 Å². The minimum absolute atomic E-state index is 0.148. The Balaban J connectivity index is 3.22. The monoisotopic (exact) mass is 342 g/mol. The molecule has 1 atom stereocenters. The first-order valence-corrected chi connectivity index (χ1v) is 9.82. The Bertz CT molecular complexity index is 302. The number of unbranched alkanes of at least 4 members (excludes halogenated alkanes) is 9. The molecule has 0 saturated carbocycles. The third-order valence-corrected chi connectivity index (χ3v) is 4.28. The van der Waals surface area contributed by atoms with Crippen LogP contribution in [0.3, 0.4) is 0 Å². The van der Waals surface area contributed by atoms with Gasteiger partial charge >= 0.3 is 5.97 Å². The molecule has 0 radical (unpaired) electrons. The molecule has 0 aliphatic rings. The van der Waals surface area contributed by atoms with Gasteiger partial charge in [-0.3, -0.25) is 4.79 Å². The number of rotatable bonds is 18. The van der Waals surface area contributed by atoms with Crippen molar-refractivity contribution in [3.63, 3.8) is 0 Å². The summed E-state index contributed by atoms with van der Waals surface area (Å²) in [6.45, 7) is 0.280. The first kappa shape index (κ1) is 23.1. The van der Waals surface area contributed by atoms with Crippen LogP contribution in [0, 0.1) is 0 Å². The predicted molar refractivity (Wildman–Crippen MR) is 99.1 cm³/mol. The number of aliphatic carboxylic acids is 1. The lowest BCUT2D eigenvalue weighted by Gasteiger charge is -2.09. The lowest BCUT2D eigenvalue weighted by molar-refractivity contribution is -0.137. The second kappa shape index (κ2) is 18.5. The summed E-state index contributed by atoms with van der Waals surface area (Å²) in [6.07, 6.45) is 19.0. The van der Waals surface area contributed by atoms with Crippen LogP contribution >= 0.6 is 0 Å². The Morgan fingerprint density at radius 1 is 0.750 bits per heavy atom.